The third-order valence-electron chi connectivity index (χ3n) is 7.91. The first-order valence-corrected chi connectivity index (χ1v) is 13.8. The van der Waals surface area contributed by atoms with Crippen LogP contribution >= 0.6 is 0 Å². The van der Waals surface area contributed by atoms with Crippen LogP contribution in [-0.2, 0) is 0 Å². The number of amides is 1. The molecule has 38 heavy (non-hydrogen) atoms. The molecule has 2 atom stereocenters. The first-order chi connectivity index (χ1) is 18.4. The average molecular weight is 519 g/mol. The molecule has 0 aliphatic carbocycles. The summed E-state index contributed by atoms with van der Waals surface area (Å²) in [6.45, 7) is 8.43. The van der Waals surface area contributed by atoms with Gasteiger partial charge < -0.3 is 30.5 Å². The molecule has 5 heterocycles. The van der Waals surface area contributed by atoms with Crippen molar-refractivity contribution in [3.8, 4) is 5.75 Å². The molecule has 0 spiro atoms. The van der Waals surface area contributed by atoms with E-state index in [2.05, 4.69) is 41.2 Å². The lowest BCUT2D eigenvalue weighted by molar-refractivity contribution is 0.0601. The maximum Gasteiger partial charge on any atom is 0.258 e. The number of rotatable bonds is 1. The summed E-state index contributed by atoms with van der Waals surface area (Å²) in [5.74, 6) is 2.53. The Morgan fingerprint density at radius 1 is 1.13 bits per heavy atom. The number of nitrogens with two attached hydrogens (primary N) is 1. The number of likely N-dealkylation sites (N-methyl/N-ethyl adjacent to an activating group) is 1. The number of anilines is 2. The number of nitrogens with zero attached hydrogens (tertiary/aromatic N) is 6. The third-order valence-corrected chi connectivity index (χ3v) is 7.91. The van der Waals surface area contributed by atoms with Gasteiger partial charge in [0, 0.05) is 64.0 Å². The normalized spacial score (nSPS) is 23.3. The van der Waals surface area contributed by atoms with E-state index in [1.807, 2.05) is 34.5 Å². The third kappa shape index (κ3) is 4.67. The monoisotopic (exact) mass is 518 g/mol. The van der Waals surface area contributed by atoms with Crippen LogP contribution in [0.3, 0.4) is 0 Å². The second-order valence-corrected chi connectivity index (χ2v) is 11.1. The fraction of sp³-hybridized carbons (Fsp3) is 0.536. The molecule has 0 radical (unpaired) electrons. The molecule has 2 fully saturated rings. The van der Waals surface area contributed by atoms with Crippen LogP contribution in [0.5, 0.6) is 5.75 Å². The largest absolute Gasteiger partial charge is 0.491 e. The van der Waals surface area contributed by atoms with Gasteiger partial charge in [-0.05, 0) is 45.2 Å². The van der Waals surface area contributed by atoms with Gasteiger partial charge in [0.2, 0.25) is 0 Å². The van der Waals surface area contributed by atoms with Gasteiger partial charge in [0.1, 0.15) is 24.0 Å². The van der Waals surface area contributed by atoms with Crippen molar-refractivity contribution in [2.24, 2.45) is 5.73 Å². The predicted octanol–water partition coefficient (Wildman–Crippen LogP) is 2.36. The summed E-state index contributed by atoms with van der Waals surface area (Å²) in [4.78, 5) is 25.4. The lowest BCUT2D eigenvalue weighted by atomic mass is 9.97. The van der Waals surface area contributed by atoms with Crippen molar-refractivity contribution in [2.45, 2.75) is 51.2 Å². The quantitative estimate of drug-likeness (QED) is 0.506. The zero-order valence-corrected chi connectivity index (χ0v) is 22.6. The first kappa shape index (κ1) is 24.9. The Morgan fingerprint density at radius 2 is 1.97 bits per heavy atom. The Labute approximate surface area is 223 Å². The van der Waals surface area contributed by atoms with Gasteiger partial charge in [-0.15, -0.1) is 0 Å². The molecule has 2 unspecified atom stereocenters. The standard InChI is InChI=1S/C28H38N8O2/c1-18-7-8-24-21(12-18)28(37)35-10-5-4-6-23(35)22-13-26-31-25(34-16-20(29)17-34)14-27(36(26)32-22)33(3)15-19(2)30-9-11-38-24/h7-8,12-14,19-20,23,30H,4-6,9-11,15-17,29H2,1-3H3. The van der Waals surface area contributed by atoms with E-state index >= 15 is 0 Å². The molecule has 2 saturated heterocycles. The van der Waals surface area contributed by atoms with Crippen LogP contribution in [0.1, 0.15) is 53.8 Å². The number of aryl methyl sites for hydroxylation is 1. The molecule has 6 rings (SSSR count). The van der Waals surface area contributed by atoms with Crippen LogP contribution < -0.4 is 25.6 Å². The van der Waals surface area contributed by atoms with Crippen LogP contribution in [-0.4, -0.2) is 83.9 Å². The highest BCUT2D eigenvalue weighted by Crippen LogP contribution is 2.35. The molecule has 3 aliphatic heterocycles. The van der Waals surface area contributed by atoms with E-state index in [1.165, 1.54) is 0 Å². The summed E-state index contributed by atoms with van der Waals surface area (Å²) in [6.07, 6.45) is 2.91. The van der Waals surface area contributed by atoms with E-state index in [9.17, 15) is 4.79 Å². The number of benzene rings is 1. The Hall–Kier alpha value is -3.37. The first-order valence-electron chi connectivity index (χ1n) is 13.8. The zero-order valence-electron chi connectivity index (χ0n) is 22.6. The number of hydrogen-bond acceptors (Lipinski definition) is 8. The van der Waals surface area contributed by atoms with Crippen molar-refractivity contribution in [1.29, 1.82) is 0 Å². The van der Waals surface area contributed by atoms with Crippen molar-refractivity contribution < 1.29 is 9.53 Å². The SMILES string of the molecule is Cc1ccc2c(c1)C(=O)N1CCCCC1c1cc3nc(N4CC(N)C4)cc(n3n1)N(C)CC(C)NCCO2. The number of nitrogens with one attached hydrogen (secondary N) is 1. The number of hydrogen-bond donors (Lipinski definition) is 2. The van der Waals surface area contributed by atoms with Crippen molar-refractivity contribution in [2.75, 3.05) is 56.2 Å². The van der Waals surface area contributed by atoms with Gasteiger partial charge in [-0.1, -0.05) is 11.6 Å². The smallest absolute Gasteiger partial charge is 0.258 e. The van der Waals surface area contributed by atoms with Gasteiger partial charge in [0.25, 0.3) is 5.91 Å². The van der Waals surface area contributed by atoms with Crippen LogP contribution in [0.15, 0.2) is 30.3 Å². The summed E-state index contributed by atoms with van der Waals surface area (Å²) in [5.41, 5.74) is 9.42. The van der Waals surface area contributed by atoms with Gasteiger partial charge in [0.05, 0.1) is 17.3 Å². The van der Waals surface area contributed by atoms with Crippen molar-refractivity contribution in [3.63, 3.8) is 0 Å². The molecule has 3 aromatic rings. The van der Waals surface area contributed by atoms with Crippen molar-refractivity contribution in [1.82, 2.24) is 24.8 Å². The Kier molecular flexibility index (Phi) is 6.61. The molecule has 1 aromatic carbocycles. The van der Waals surface area contributed by atoms with Crippen LogP contribution in [0.2, 0.25) is 0 Å². The van der Waals surface area contributed by atoms with E-state index in [4.69, 9.17) is 20.6 Å². The predicted molar refractivity (Wildman–Crippen MR) is 148 cm³/mol. The van der Waals surface area contributed by atoms with E-state index < -0.39 is 0 Å². The van der Waals surface area contributed by atoms with Gasteiger partial charge in [0.15, 0.2) is 5.65 Å². The highest BCUT2D eigenvalue weighted by Gasteiger charge is 2.33. The number of piperidine rings is 1. The Morgan fingerprint density at radius 3 is 2.79 bits per heavy atom. The highest BCUT2D eigenvalue weighted by molar-refractivity contribution is 5.97. The van der Waals surface area contributed by atoms with Crippen molar-refractivity contribution in [3.05, 3.63) is 47.2 Å². The number of fused-ring (bicyclic) bond motifs is 4. The average Bonchev–Trinajstić information content (AvgIpc) is 3.32. The summed E-state index contributed by atoms with van der Waals surface area (Å²) in [6, 6.07) is 10.3. The molecule has 10 nitrogen and oxygen atoms in total. The molecule has 1 amide bonds. The van der Waals surface area contributed by atoms with Crippen LogP contribution in [0.4, 0.5) is 11.6 Å². The van der Waals surface area contributed by atoms with Crippen LogP contribution in [0, 0.1) is 6.92 Å². The summed E-state index contributed by atoms with van der Waals surface area (Å²) in [5, 5.41) is 8.63. The molecule has 0 saturated carbocycles. The maximum absolute atomic E-state index is 14.0. The summed E-state index contributed by atoms with van der Waals surface area (Å²) < 4.78 is 8.09. The molecule has 202 valence electrons. The Balaban J connectivity index is 1.46. The minimum absolute atomic E-state index is 0.000524. The van der Waals surface area contributed by atoms with Gasteiger partial charge in [-0.3, -0.25) is 4.79 Å². The van der Waals surface area contributed by atoms with Crippen molar-refractivity contribution >= 4 is 23.2 Å². The van der Waals surface area contributed by atoms with Gasteiger partial charge in [-0.25, -0.2) is 4.98 Å². The van der Waals surface area contributed by atoms with E-state index in [0.717, 1.165) is 67.4 Å². The lowest BCUT2D eigenvalue weighted by Gasteiger charge is -2.38. The molecule has 3 N–H and O–H groups in total. The van der Waals surface area contributed by atoms with E-state index in [-0.39, 0.29) is 24.0 Å². The fourth-order valence-corrected chi connectivity index (χ4v) is 5.87. The maximum atomic E-state index is 14.0. The molecule has 10 heteroatoms. The summed E-state index contributed by atoms with van der Waals surface area (Å²) >= 11 is 0. The minimum Gasteiger partial charge on any atom is -0.491 e. The summed E-state index contributed by atoms with van der Waals surface area (Å²) in [7, 11) is 2.09. The molecular weight excluding hydrogens is 480 g/mol. The highest BCUT2D eigenvalue weighted by atomic mass is 16.5. The number of carbonyl (C=O) groups is 1. The second kappa shape index (κ2) is 10.1. The number of ether oxygens (including phenoxy) is 1. The number of aromatic nitrogens is 3. The second-order valence-electron chi connectivity index (χ2n) is 11.1. The molecular formula is C28H38N8O2. The van der Waals surface area contributed by atoms with Crippen LogP contribution in [0.25, 0.3) is 5.65 Å². The topological polar surface area (TPSA) is 104 Å². The fourth-order valence-electron chi connectivity index (χ4n) is 5.87. The molecule has 2 aromatic heterocycles. The Bertz CT molecular complexity index is 1330. The molecule has 2 bridgehead atoms. The van der Waals surface area contributed by atoms with E-state index in [1.54, 1.807) is 0 Å². The zero-order chi connectivity index (χ0) is 26.4. The van der Waals surface area contributed by atoms with E-state index in [0.29, 0.717) is 31.0 Å². The van der Waals surface area contributed by atoms with Gasteiger partial charge in [-0.2, -0.15) is 9.61 Å². The lowest BCUT2D eigenvalue weighted by Crippen LogP contribution is -2.56. The molecule has 3 aliphatic rings. The number of carbonyl (C=O) groups excluding carboxylic acids is 1. The minimum atomic E-state index is -0.112. The van der Waals surface area contributed by atoms with Gasteiger partial charge >= 0.3 is 0 Å².